The highest BCUT2D eigenvalue weighted by atomic mass is 19.1. The fourth-order valence-corrected chi connectivity index (χ4v) is 3.23. The minimum absolute atomic E-state index is 0.0193. The second-order valence-corrected chi connectivity index (χ2v) is 6.44. The van der Waals surface area contributed by atoms with Gasteiger partial charge in [-0.25, -0.2) is 4.39 Å². The molecular weight excluding hydrogens is 309 g/mol. The fourth-order valence-electron chi connectivity index (χ4n) is 3.23. The second-order valence-electron chi connectivity index (χ2n) is 6.44. The monoisotopic (exact) mass is 329 g/mol. The van der Waals surface area contributed by atoms with Crippen molar-refractivity contribution in [3.8, 4) is 11.8 Å². The molecule has 3 rings (SSSR count). The maximum absolute atomic E-state index is 13.6. The first-order valence-electron chi connectivity index (χ1n) is 8.09. The van der Waals surface area contributed by atoms with Gasteiger partial charge in [0.15, 0.2) is 18.2 Å². The summed E-state index contributed by atoms with van der Waals surface area (Å²) in [6, 6.07) is 8.23. The molecule has 0 unspecified atom stereocenters. The van der Waals surface area contributed by atoms with Crippen LogP contribution in [-0.4, -0.2) is 18.1 Å². The zero-order valence-corrected chi connectivity index (χ0v) is 13.8. The number of halogens is 1. The van der Waals surface area contributed by atoms with Crippen molar-refractivity contribution in [1.29, 1.82) is 5.26 Å². The highest BCUT2D eigenvalue weighted by Crippen LogP contribution is 2.29. The molecule has 1 aromatic carbocycles. The molecule has 2 aromatic rings. The summed E-state index contributed by atoms with van der Waals surface area (Å²) in [4.78, 5) is 6.25. The van der Waals surface area contributed by atoms with Crippen molar-refractivity contribution in [2.75, 3.05) is 18.0 Å². The van der Waals surface area contributed by atoms with E-state index in [4.69, 9.17) is 9.15 Å². The Hall–Kier alpha value is -2.55. The maximum atomic E-state index is 13.6. The predicted molar refractivity (Wildman–Crippen MR) is 87.1 cm³/mol. The molecule has 0 aliphatic carbocycles. The van der Waals surface area contributed by atoms with E-state index in [9.17, 15) is 9.65 Å². The number of nitriles is 1. The SMILES string of the molecule is C[C@@H]1C[C@H](C)CN(c2oc(COc3ccccc3F)nc2C#N)C1. The van der Waals surface area contributed by atoms with Crippen molar-refractivity contribution < 1.29 is 13.5 Å². The molecule has 2 atom stereocenters. The predicted octanol–water partition coefficient (Wildman–Crippen LogP) is 3.75. The number of anilines is 1. The first kappa shape index (κ1) is 16.3. The molecule has 5 nitrogen and oxygen atoms in total. The minimum Gasteiger partial charge on any atom is -0.481 e. The van der Waals surface area contributed by atoms with Gasteiger partial charge in [-0.15, -0.1) is 0 Å². The summed E-state index contributed by atoms with van der Waals surface area (Å²) < 4.78 is 24.7. The molecule has 24 heavy (non-hydrogen) atoms. The Morgan fingerprint density at radius 2 is 2.04 bits per heavy atom. The molecule has 0 spiro atoms. The van der Waals surface area contributed by atoms with E-state index in [0.717, 1.165) is 19.5 Å². The third-order valence-electron chi connectivity index (χ3n) is 4.10. The van der Waals surface area contributed by atoms with Gasteiger partial charge in [-0.2, -0.15) is 10.2 Å². The van der Waals surface area contributed by atoms with Crippen LogP contribution in [0, 0.1) is 29.0 Å². The fraction of sp³-hybridized carbons (Fsp3) is 0.444. The van der Waals surface area contributed by atoms with Crippen molar-refractivity contribution in [3.63, 3.8) is 0 Å². The van der Waals surface area contributed by atoms with Crippen molar-refractivity contribution in [3.05, 3.63) is 41.7 Å². The van der Waals surface area contributed by atoms with Gasteiger partial charge >= 0.3 is 0 Å². The quantitative estimate of drug-likeness (QED) is 0.855. The summed E-state index contributed by atoms with van der Waals surface area (Å²) in [6.07, 6.45) is 1.16. The van der Waals surface area contributed by atoms with Crippen LogP contribution in [0.2, 0.25) is 0 Å². The molecule has 1 aliphatic heterocycles. The van der Waals surface area contributed by atoms with Crippen LogP contribution >= 0.6 is 0 Å². The summed E-state index contributed by atoms with van der Waals surface area (Å²) >= 11 is 0. The molecular formula is C18H20FN3O2. The van der Waals surface area contributed by atoms with Gasteiger partial charge in [0.2, 0.25) is 17.5 Å². The van der Waals surface area contributed by atoms with E-state index >= 15 is 0 Å². The van der Waals surface area contributed by atoms with Crippen molar-refractivity contribution in [2.24, 2.45) is 11.8 Å². The molecule has 0 N–H and O–H groups in total. The molecule has 2 heterocycles. The third-order valence-corrected chi connectivity index (χ3v) is 4.10. The molecule has 1 saturated heterocycles. The van der Waals surface area contributed by atoms with Gasteiger partial charge in [0.25, 0.3) is 0 Å². The van der Waals surface area contributed by atoms with Crippen molar-refractivity contribution in [1.82, 2.24) is 4.98 Å². The molecule has 0 amide bonds. The topological polar surface area (TPSA) is 62.3 Å². The number of rotatable bonds is 4. The summed E-state index contributed by atoms with van der Waals surface area (Å²) in [6.45, 7) is 6.03. The highest BCUT2D eigenvalue weighted by molar-refractivity contribution is 5.48. The number of piperidine rings is 1. The van der Waals surface area contributed by atoms with Crippen LogP contribution in [0.25, 0.3) is 0 Å². The summed E-state index contributed by atoms with van der Waals surface area (Å²) in [7, 11) is 0. The minimum atomic E-state index is -0.441. The van der Waals surface area contributed by atoms with Gasteiger partial charge in [0.1, 0.15) is 6.07 Å². The molecule has 6 heteroatoms. The number of aromatic nitrogens is 1. The van der Waals surface area contributed by atoms with E-state index in [1.54, 1.807) is 18.2 Å². The second kappa shape index (κ2) is 6.91. The van der Waals surface area contributed by atoms with E-state index in [-0.39, 0.29) is 23.9 Å². The van der Waals surface area contributed by atoms with Crippen LogP contribution in [0.5, 0.6) is 5.75 Å². The van der Waals surface area contributed by atoms with Gasteiger partial charge in [-0.1, -0.05) is 26.0 Å². The first-order valence-corrected chi connectivity index (χ1v) is 8.09. The number of para-hydroxylation sites is 1. The lowest BCUT2D eigenvalue weighted by atomic mass is 9.92. The number of benzene rings is 1. The van der Waals surface area contributed by atoms with E-state index < -0.39 is 5.82 Å². The molecule has 1 aromatic heterocycles. The Balaban J connectivity index is 1.76. The summed E-state index contributed by atoms with van der Waals surface area (Å²) in [5, 5.41) is 9.32. The average molecular weight is 329 g/mol. The van der Waals surface area contributed by atoms with Crippen LogP contribution in [0.3, 0.4) is 0 Å². The summed E-state index contributed by atoms with van der Waals surface area (Å²) in [5.74, 6) is 1.52. The average Bonchev–Trinajstić information content (AvgIpc) is 2.96. The van der Waals surface area contributed by atoms with Gasteiger partial charge in [0.05, 0.1) is 0 Å². The van der Waals surface area contributed by atoms with Gasteiger partial charge in [-0.05, 0) is 30.4 Å². The Labute approximate surface area is 140 Å². The van der Waals surface area contributed by atoms with Crippen molar-refractivity contribution in [2.45, 2.75) is 26.9 Å². The van der Waals surface area contributed by atoms with Crippen LogP contribution in [-0.2, 0) is 6.61 Å². The number of oxazole rings is 1. The molecule has 1 aliphatic rings. The first-order chi connectivity index (χ1) is 11.6. The van der Waals surface area contributed by atoms with Crippen LogP contribution in [0.4, 0.5) is 10.3 Å². The molecule has 0 saturated carbocycles. The normalized spacial score (nSPS) is 20.7. The Bertz CT molecular complexity index is 743. The standard InChI is InChI=1S/C18H20FN3O2/c1-12-7-13(2)10-22(9-12)18-15(8-20)21-17(24-18)11-23-16-6-4-3-5-14(16)19/h3-6,12-13H,7,9-11H2,1-2H3/t12-,13+. The highest BCUT2D eigenvalue weighted by Gasteiger charge is 2.27. The zero-order valence-electron chi connectivity index (χ0n) is 13.8. The molecule has 0 bridgehead atoms. The molecule has 1 fully saturated rings. The Morgan fingerprint density at radius 3 is 2.71 bits per heavy atom. The largest absolute Gasteiger partial charge is 0.481 e. The lowest BCUT2D eigenvalue weighted by Crippen LogP contribution is -2.38. The van der Waals surface area contributed by atoms with E-state index in [1.165, 1.54) is 6.07 Å². The van der Waals surface area contributed by atoms with Gasteiger partial charge < -0.3 is 14.1 Å². The lowest BCUT2D eigenvalue weighted by molar-refractivity contribution is 0.250. The smallest absolute Gasteiger partial charge is 0.236 e. The zero-order chi connectivity index (χ0) is 17.1. The number of ether oxygens (including phenoxy) is 1. The number of hydrogen-bond acceptors (Lipinski definition) is 5. The maximum Gasteiger partial charge on any atom is 0.236 e. The Morgan fingerprint density at radius 1 is 1.33 bits per heavy atom. The molecule has 126 valence electrons. The number of hydrogen-bond donors (Lipinski definition) is 0. The third kappa shape index (κ3) is 3.51. The van der Waals surface area contributed by atoms with Gasteiger partial charge in [0, 0.05) is 13.1 Å². The number of nitrogens with zero attached hydrogens (tertiary/aromatic N) is 3. The van der Waals surface area contributed by atoms with E-state index in [0.29, 0.717) is 17.7 Å². The van der Waals surface area contributed by atoms with Crippen molar-refractivity contribution >= 4 is 5.88 Å². The van der Waals surface area contributed by atoms with E-state index in [1.807, 2.05) is 0 Å². The lowest BCUT2D eigenvalue weighted by Gasteiger charge is -2.34. The Kier molecular flexibility index (Phi) is 4.70. The van der Waals surface area contributed by atoms with Crippen LogP contribution < -0.4 is 9.64 Å². The van der Waals surface area contributed by atoms with Crippen LogP contribution in [0.15, 0.2) is 28.7 Å². The van der Waals surface area contributed by atoms with E-state index in [2.05, 4.69) is 29.8 Å². The molecule has 0 radical (unpaired) electrons. The summed E-state index contributed by atoms with van der Waals surface area (Å²) in [5.41, 5.74) is 0.253. The van der Waals surface area contributed by atoms with Gasteiger partial charge in [-0.3, -0.25) is 0 Å². The van der Waals surface area contributed by atoms with Crippen LogP contribution in [0.1, 0.15) is 31.9 Å².